The molecule has 0 heterocycles. The Morgan fingerprint density at radius 3 is 2.48 bits per heavy atom. The molecule has 0 aliphatic heterocycles. The fraction of sp³-hybridized carbons (Fsp3) is 0.850. The number of aliphatic hydroxyl groups excluding tert-OH is 3. The maximum Gasteiger partial charge on any atom is 0.303 e. The topological polar surface area (TPSA) is 132 Å². The molecule has 3 aliphatic rings. The minimum absolute atomic E-state index is 0.00539. The average molecular weight is 382 g/mol. The van der Waals surface area contributed by atoms with E-state index >= 15 is 0 Å². The zero-order chi connectivity index (χ0) is 20.1. The minimum Gasteiger partial charge on any atom is -0.481 e. The molecule has 4 N–H and O–H groups in total. The summed E-state index contributed by atoms with van der Waals surface area (Å²) in [6.07, 6.45) is -0.0999. The van der Waals surface area contributed by atoms with Gasteiger partial charge in [-0.05, 0) is 42.9 Å². The molecule has 7 nitrogen and oxygen atoms in total. The number of carbonyl (C=O) groups is 3. The molecule has 152 valence electrons. The van der Waals surface area contributed by atoms with Gasteiger partial charge in [0.05, 0.1) is 12.2 Å². The Morgan fingerprint density at radius 1 is 1.22 bits per heavy atom. The summed E-state index contributed by atoms with van der Waals surface area (Å²) in [6.45, 7) is 3.04. The lowest BCUT2D eigenvalue weighted by Crippen LogP contribution is -2.58. The van der Waals surface area contributed by atoms with Crippen LogP contribution in [-0.2, 0) is 14.4 Å². The number of carboxylic acid groups (broad SMARTS) is 1. The Bertz CT molecular complexity index is 646. The maximum atomic E-state index is 12.7. The Hall–Kier alpha value is -1.31. The van der Waals surface area contributed by atoms with Gasteiger partial charge >= 0.3 is 5.97 Å². The van der Waals surface area contributed by atoms with Gasteiger partial charge < -0.3 is 20.4 Å². The van der Waals surface area contributed by atoms with Crippen LogP contribution in [0.5, 0.6) is 0 Å². The number of aliphatic hydroxyl groups is 3. The number of hydrogen-bond donors (Lipinski definition) is 4. The molecule has 0 amide bonds. The van der Waals surface area contributed by atoms with Crippen molar-refractivity contribution in [1.29, 1.82) is 0 Å². The van der Waals surface area contributed by atoms with E-state index in [2.05, 4.69) is 0 Å². The summed E-state index contributed by atoms with van der Waals surface area (Å²) in [5.41, 5.74) is -1.56. The monoisotopic (exact) mass is 382 g/mol. The molecule has 0 aromatic heterocycles. The van der Waals surface area contributed by atoms with E-state index in [0.29, 0.717) is 19.3 Å². The van der Waals surface area contributed by atoms with Crippen LogP contribution in [0.15, 0.2) is 0 Å². The van der Waals surface area contributed by atoms with Gasteiger partial charge in [0.15, 0.2) is 5.78 Å². The number of carboxylic acids is 1. The first kappa shape index (κ1) is 20.4. The summed E-state index contributed by atoms with van der Waals surface area (Å²) in [7, 11) is 0. The van der Waals surface area contributed by atoms with Crippen LogP contribution >= 0.6 is 0 Å². The number of aliphatic carboxylic acids is 1. The molecule has 27 heavy (non-hydrogen) atoms. The number of fused-ring (bicyclic) bond motifs is 3. The quantitative estimate of drug-likeness (QED) is 0.552. The molecule has 3 saturated carbocycles. The van der Waals surface area contributed by atoms with Gasteiger partial charge in [-0.1, -0.05) is 13.8 Å². The number of carbonyl (C=O) groups excluding carboxylic acids is 2. The van der Waals surface area contributed by atoms with E-state index in [1.807, 2.05) is 6.92 Å². The molecule has 3 rings (SSSR count). The normalized spacial score (nSPS) is 46.6. The van der Waals surface area contributed by atoms with Crippen LogP contribution in [-0.4, -0.2) is 56.8 Å². The predicted molar refractivity (Wildman–Crippen MR) is 94.6 cm³/mol. The number of rotatable bonds is 5. The van der Waals surface area contributed by atoms with Crippen LogP contribution < -0.4 is 0 Å². The highest BCUT2D eigenvalue weighted by Gasteiger charge is 2.65. The largest absolute Gasteiger partial charge is 0.481 e. The highest BCUT2D eigenvalue weighted by atomic mass is 16.4. The molecule has 0 spiro atoms. The Morgan fingerprint density at radius 2 is 1.89 bits per heavy atom. The summed E-state index contributed by atoms with van der Waals surface area (Å²) < 4.78 is 0. The third-order valence-corrected chi connectivity index (χ3v) is 7.96. The van der Waals surface area contributed by atoms with E-state index in [1.165, 1.54) is 0 Å². The second-order valence-electron chi connectivity index (χ2n) is 9.26. The van der Waals surface area contributed by atoms with Crippen LogP contribution in [0.25, 0.3) is 0 Å². The lowest BCUT2D eigenvalue weighted by molar-refractivity contribution is -0.170. The van der Waals surface area contributed by atoms with E-state index in [4.69, 9.17) is 5.11 Å². The molecule has 0 saturated heterocycles. The third-order valence-electron chi connectivity index (χ3n) is 7.96. The lowest BCUT2D eigenvalue weighted by atomic mass is 9.48. The van der Waals surface area contributed by atoms with Crippen molar-refractivity contribution in [2.75, 3.05) is 6.61 Å². The molecule has 0 radical (unpaired) electrons. The SMILES string of the molecule is CC1(CCC(=O)O)C(=O)CCC2C1C(O)CC1(C)C(O)C(C(=O)CO)CC21. The lowest BCUT2D eigenvalue weighted by Gasteiger charge is -2.57. The summed E-state index contributed by atoms with van der Waals surface area (Å²) in [5, 5.41) is 40.1. The molecule has 0 bridgehead atoms. The van der Waals surface area contributed by atoms with E-state index in [0.717, 1.165) is 0 Å². The van der Waals surface area contributed by atoms with E-state index in [1.54, 1.807) is 6.92 Å². The van der Waals surface area contributed by atoms with Crippen molar-refractivity contribution >= 4 is 17.5 Å². The first-order chi connectivity index (χ1) is 12.6. The predicted octanol–water partition coefficient (Wildman–Crippen LogP) is 0.782. The number of ketones is 2. The van der Waals surface area contributed by atoms with Gasteiger partial charge in [-0.3, -0.25) is 14.4 Å². The van der Waals surface area contributed by atoms with Crippen molar-refractivity contribution in [2.24, 2.45) is 34.5 Å². The average Bonchev–Trinajstić information content (AvgIpc) is 2.87. The fourth-order valence-electron chi connectivity index (χ4n) is 6.54. The molecule has 7 heteroatoms. The zero-order valence-electron chi connectivity index (χ0n) is 15.9. The number of hydrogen-bond acceptors (Lipinski definition) is 6. The first-order valence-corrected chi connectivity index (χ1v) is 9.81. The van der Waals surface area contributed by atoms with Crippen molar-refractivity contribution in [3.63, 3.8) is 0 Å². The zero-order valence-corrected chi connectivity index (χ0v) is 15.9. The summed E-state index contributed by atoms with van der Waals surface area (Å²) in [4.78, 5) is 36.0. The van der Waals surface area contributed by atoms with E-state index < -0.39 is 41.5 Å². The van der Waals surface area contributed by atoms with E-state index in [9.17, 15) is 29.7 Å². The van der Waals surface area contributed by atoms with Gasteiger partial charge in [-0.15, -0.1) is 0 Å². The molecule has 8 unspecified atom stereocenters. The molecule has 3 aliphatic carbocycles. The highest BCUT2D eigenvalue weighted by molar-refractivity contribution is 5.86. The van der Waals surface area contributed by atoms with Gasteiger partial charge in [-0.2, -0.15) is 0 Å². The second kappa shape index (κ2) is 6.94. The minimum atomic E-state index is -0.966. The Kier molecular flexibility index (Phi) is 5.25. The molecule has 0 aromatic carbocycles. The van der Waals surface area contributed by atoms with Gasteiger partial charge in [0.2, 0.25) is 0 Å². The molecular weight excluding hydrogens is 352 g/mol. The van der Waals surface area contributed by atoms with Crippen LogP contribution in [0.4, 0.5) is 0 Å². The van der Waals surface area contributed by atoms with Gasteiger partial charge in [0.25, 0.3) is 0 Å². The van der Waals surface area contributed by atoms with Crippen molar-refractivity contribution < 1.29 is 34.8 Å². The van der Waals surface area contributed by atoms with Gasteiger partial charge in [0.1, 0.15) is 12.4 Å². The Balaban J connectivity index is 1.95. The van der Waals surface area contributed by atoms with Crippen LogP contribution in [0.1, 0.15) is 52.4 Å². The van der Waals surface area contributed by atoms with Crippen molar-refractivity contribution in [2.45, 2.75) is 64.6 Å². The van der Waals surface area contributed by atoms with Crippen LogP contribution in [0, 0.1) is 34.5 Å². The molecule has 8 atom stereocenters. The van der Waals surface area contributed by atoms with Crippen LogP contribution in [0.2, 0.25) is 0 Å². The van der Waals surface area contributed by atoms with Gasteiger partial charge in [0, 0.05) is 30.1 Å². The summed E-state index contributed by atoms with van der Waals surface area (Å²) >= 11 is 0. The summed E-state index contributed by atoms with van der Waals surface area (Å²) in [5.74, 6) is -2.48. The smallest absolute Gasteiger partial charge is 0.303 e. The number of Topliss-reactive ketones (excluding diaryl/α,β-unsaturated/α-hetero) is 2. The highest BCUT2D eigenvalue weighted by Crippen LogP contribution is 2.64. The summed E-state index contributed by atoms with van der Waals surface area (Å²) in [6, 6.07) is 0. The van der Waals surface area contributed by atoms with E-state index in [-0.39, 0.29) is 48.6 Å². The molecular formula is C20H30O7. The Labute approximate surface area is 158 Å². The molecule has 0 aromatic rings. The van der Waals surface area contributed by atoms with Gasteiger partial charge in [-0.25, -0.2) is 0 Å². The van der Waals surface area contributed by atoms with Crippen molar-refractivity contribution in [3.05, 3.63) is 0 Å². The third kappa shape index (κ3) is 3.04. The second-order valence-corrected chi connectivity index (χ2v) is 9.26. The first-order valence-electron chi connectivity index (χ1n) is 9.81. The maximum absolute atomic E-state index is 12.7. The standard InChI is InChI=1S/C20H30O7/c1-19(6-5-16(25)26)15(24)4-3-10-12-7-11(14(23)9-21)18(27)20(12,2)8-13(22)17(10)19/h10-13,17-18,21-22,27H,3-9H2,1-2H3,(H,25,26). The fourth-order valence-corrected chi connectivity index (χ4v) is 6.54. The molecule has 3 fully saturated rings. The van der Waals surface area contributed by atoms with Crippen molar-refractivity contribution in [1.82, 2.24) is 0 Å². The van der Waals surface area contributed by atoms with Crippen LogP contribution in [0.3, 0.4) is 0 Å². The van der Waals surface area contributed by atoms with Crippen molar-refractivity contribution in [3.8, 4) is 0 Å².